The van der Waals surface area contributed by atoms with Crippen molar-refractivity contribution >= 4 is 22.7 Å². The Morgan fingerprint density at radius 3 is 2.48 bits per heavy atom. The van der Waals surface area contributed by atoms with Gasteiger partial charge in [-0.3, -0.25) is 0 Å². The van der Waals surface area contributed by atoms with Crippen molar-refractivity contribution in [1.82, 2.24) is 10.3 Å². The van der Waals surface area contributed by atoms with Crippen molar-refractivity contribution in [3.8, 4) is 0 Å². The van der Waals surface area contributed by atoms with Crippen LogP contribution >= 0.6 is 22.7 Å². The maximum atomic E-state index is 4.92. The Morgan fingerprint density at radius 1 is 1.29 bits per heavy atom. The van der Waals surface area contributed by atoms with E-state index in [9.17, 15) is 0 Å². The number of thiophene rings is 1. The van der Waals surface area contributed by atoms with Crippen LogP contribution in [0.3, 0.4) is 0 Å². The summed E-state index contributed by atoms with van der Waals surface area (Å²) in [5, 5.41) is 7.08. The molecule has 0 saturated heterocycles. The zero-order valence-electron chi connectivity index (χ0n) is 13.9. The number of hydrogen-bond acceptors (Lipinski definition) is 4. The molecule has 21 heavy (non-hydrogen) atoms. The van der Waals surface area contributed by atoms with Gasteiger partial charge >= 0.3 is 0 Å². The van der Waals surface area contributed by atoms with Crippen LogP contribution in [0.2, 0.25) is 0 Å². The molecule has 1 atom stereocenters. The first-order valence-corrected chi connectivity index (χ1v) is 9.28. The zero-order chi connectivity index (χ0) is 15.6. The van der Waals surface area contributed by atoms with Gasteiger partial charge in [0.15, 0.2) is 0 Å². The lowest BCUT2D eigenvalue weighted by molar-refractivity contribution is 0.557. The average molecular weight is 323 g/mol. The Balaban J connectivity index is 2.36. The minimum atomic E-state index is 0.115. The van der Waals surface area contributed by atoms with Gasteiger partial charge < -0.3 is 5.32 Å². The molecule has 0 aliphatic carbocycles. The molecule has 0 amide bonds. The smallest absolute Gasteiger partial charge is 0.114 e. The third-order valence-corrected chi connectivity index (χ3v) is 5.42. The van der Waals surface area contributed by atoms with Gasteiger partial charge in [-0.25, -0.2) is 4.98 Å². The van der Waals surface area contributed by atoms with Gasteiger partial charge in [0.05, 0.1) is 11.7 Å². The molecular weight excluding hydrogens is 296 g/mol. The Morgan fingerprint density at radius 2 is 2.00 bits per heavy atom. The van der Waals surface area contributed by atoms with E-state index in [1.54, 1.807) is 11.3 Å². The fourth-order valence-electron chi connectivity index (χ4n) is 2.32. The van der Waals surface area contributed by atoms with Crippen LogP contribution in [-0.2, 0) is 5.41 Å². The summed E-state index contributed by atoms with van der Waals surface area (Å²) in [5.74, 6) is 0. The van der Waals surface area contributed by atoms with Crippen molar-refractivity contribution in [2.24, 2.45) is 0 Å². The van der Waals surface area contributed by atoms with Crippen LogP contribution < -0.4 is 5.32 Å². The van der Waals surface area contributed by atoms with E-state index in [-0.39, 0.29) is 11.5 Å². The SMILES string of the molecule is CCCNC(c1nc(C(C)(C)C)cs1)c1cc(C)sc1C. The minimum absolute atomic E-state index is 0.115. The average Bonchev–Trinajstić information content (AvgIpc) is 2.97. The first kappa shape index (κ1) is 16.7. The van der Waals surface area contributed by atoms with Crippen LogP contribution in [-0.4, -0.2) is 11.5 Å². The van der Waals surface area contributed by atoms with E-state index in [2.05, 4.69) is 58.3 Å². The summed E-state index contributed by atoms with van der Waals surface area (Å²) < 4.78 is 0. The van der Waals surface area contributed by atoms with E-state index < -0.39 is 0 Å². The quantitative estimate of drug-likeness (QED) is 0.817. The maximum Gasteiger partial charge on any atom is 0.114 e. The van der Waals surface area contributed by atoms with Gasteiger partial charge in [0.2, 0.25) is 0 Å². The van der Waals surface area contributed by atoms with Gasteiger partial charge in [-0.05, 0) is 38.4 Å². The predicted molar refractivity (Wildman–Crippen MR) is 94.7 cm³/mol. The zero-order valence-corrected chi connectivity index (χ0v) is 15.5. The first-order valence-electron chi connectivity index (χ1n) is 7.59. The van der Waals surface area contributed by atoms with Gasteiger partial charge in [0, 0.05) is 20.5 Å². The molecule has 0 spiro atoms. The number of aryl methyl sites for hydroxylation is 2. The van der Waals surface area contributed by atoms with Gasteiger partial charge in [0.25, 0.3) is 0 Å². The van der Waals surface area contributed by atoms with E-state index in [1.807, 2.05) is 11.3 Å². The molecule has 2 heterocycles. The lowest BCUT2D eigenvalue weighted by Crippen LogP contribution is -2.23. The second-order valence-corrected chi connectivity index (χ2v) is 8.93. The number of rotatable bonds is 5. The van der Waals surface area contributed by atoms with E-state index in [0.29, 0.717) is 0 Å². The monoisotopic (exact) mass is 322 g/mol. The Bertz CT molecular complexity index is 590. The standard InChI is InChI=1S/C17H26N2S2/c1-7-8-18-15(13-9-11(2)21-12(13)3)16-19-14(10-20-16)17(4,5)6/h9-10,15,18H,7-8H2,1-6H3. The molecule has 2 nitrogen and oxygen atoms in total. The lowest BCUT2D eigenvalue weighted by atomic mass is 9.93. The van der Waals surface area contributed by atoms with Gasteiger partial charge in [-0.2, -0.15) is 0 Å². The largest absolute Gasteiger partial charge is 0.304 e. The van der Waals surface area contributed by atoms with Crippen molar-refractivity contribution in [3.05, 3.63) is 37.5 Å². The molecule has 0 saturated carbocycles. The highest BCUT2D eigenvalue weighted by Crippen LogP contribution is 2.34. The van der Waals surface area contributed by atoms with Crippen molar-refractivity contribution in [1.29, 1.82) is 0 Å². The minimum Gasteiger partial charge on any atom is -0.304 e. The van der Waals surface area contributed by atoms with Crippen molar-refractivity contribution in [2.45, 2.75) is 59.4 Å². The molecule has 4 heteroatoms. The van der Waals surface area contributed by atoms with Crippen LogP contribution in [0.1, 0.15) is 66.2 Å². The van der Waals surface area contributed by atoms with Crippen LogP contribution in [0.4, 0.5) is 0 Å². The molecule has 0 fully saturated rings. The molecule has 1 N–H and O–H groups in total. The van der Waals surface area contributed by atoms with Crippen molar-refractivity contribution in [2.75, 3.05) is 6.54 Å². The summed E-state index contributed by atoms with van der Waals surface area (Å²) >= 11 is 3.65. The molecule has 1 unspecified atom stereocenters. The summed E-state index contributed by atoms with van der Waals surface area (Å²) in [7, 11) is 0. The first-order chi connectivity index (χ1) is 9.82. The third kappa shape index (κ3) is 3.93. The van der Waals surface area contributed by atoms with E-state index in [1.165, 1.54) is 26.0 Å². The number of hydrogen-bond donors (Lipinski definition) is 1. The molecule has 2 aromatic rings. The lowest BCUT2D eigenvalue weighted by Gasteiger charge is -2.18. The predicted octanol–water partition coefficient (Wildman–Crippen LogP) is 5.21. The molecule has 0 aliphatic heterocycles. The number of nitrogens with zero attached hydrogens (tertiary/aromatic N) is 1. The molecule has 0 radical (unpaired) electrons. The molecular formula is C17H26N2S2. The molecule has 0 aromatic carbocycles. The Hall–Kier alpha value is -0.710. The number of aromatic nitrogens is 1. The Kier molecular flexibility index (Phi) is 5.23. The molecule has 2 rings (SSSR count). The summed E-state index contributed by atoms with van der Waals surface area (Å²) in [5.41, 5.74) is 2.69. The fraction of sp³-hybridized carbons (Fsp3) is 0.588. The van der Waals surface area contributed by atoms with Gasteiger partial charge in [-0.15, -0.1) is 22.7 Å². The van der Waals surface area contributed by atoms with E-state index in [4.69, 9.17) is 4.98 Å². The van der Waals surface area contributed by atoms with Crippen LogP contribution in [0.15, 0.2) is 11.4 Å². The molecule has 2 aromatic heterocycles. The fourth-order valence-corrected chi connectivity index (χ4v) is 4.42. The highest BCUT2D eigenvalue weighted by Gasteiger charge is 2.24. The summed E-state index contributed by atoms with van der Waals surface area (Å²) in [6.07, 6.45) is 1.14. The van der Waals surface area contributed by atoms with E-state index >= 15 is 0 Å². The summed E-state index contributed by atoms with van der Waals surface area (Å²) in [4.78, 5) is 7.69. The topological polar surface area (TPSA) is 24.9 Å². The molecule has 0 bridgehead atoms. The number of thiazole rings is 1. The summed E-state index contributed by atoms with van der Waals surface area (Å²) in [6, 6.07) is 2.54. The van der Waals surface area contributed by atoms with Crippen molar-refractivity contribution in [3.63, 3.8) is 0 Å². The maximum absolute atomic E-state index is 4.92. The Labute approximate surface area is 136 Å². The normalized spacial score (nSPS) is 13.6. The second-order valence-electron chi connectivity index (χ2n) is 6.58. The second kappa shape index (κ2) is 6.59. The van der Waals surface area contributed by atoms with Gasteiger partial charge in [-0.1, -0.05) is 27.7 Å². The highest BCUT2D eigenvalue weighted by atomic mass is 32.1. The summed E-state index contributed by atoms with van der Waals surface area (Å²) in [6.45, 7) is 14.3. The van der Waals surface area contributed by atoms with Crippen LogP contribution in [0.25, 0.3) is 0 Å². The van der Waals surface area contributed by atoms with E-state index in [0.717, 1.165) is 13.0 Å². The highest BCUT2D eigenvalue weighted by molar-refractivity contribution is 7.12. The van der Waals surface area contributed by atoms with Gasteiger partial charge in [0.1, 0.15) is 5.01 Å². The van der Waals surface area contributed by atoms with Crippen LogP contribution in [0, 0.1) is 13.8 Å². The molecule has 0 aliphatic rings. The molecule has 116 valence electrons. The van der Waals surface area contributed by atoms with Crippen molar-refractivity contribution < 1.29 is 0 Å². The number of nitrogens with one attached hydrogen (secondary N) is 1. The van der Waals surface area contributed by atoms with Crippen LogP contribution in [0.5, 0.6) is 0 Å². The third-order valence-electron chi connectivity index (χ3n) is 3.53.